The van der Waals surface area contributed by atoms with E-state index in [1.807, 2.05) is 59.8 Å². The molecular weight excluding hydrogens is 256 g/mol. The average Bonchev–Trinajstić information content (AvgIpc) is 2.45. The van der Waals surface area contributed by atoms with Crippen LogP contribution in [0.4, 0.5) is 5.69 Å². The van der Waals surface area contributed by atoms with Crippen molar-refractivity contribution in [1.82, 2.24) is 4.90 Å². The number of halogens is 1. The third-order valence-electron chi connectivity index (χ3n) is 3.16. The Balaban J connectivity index is 1.85. The normalized spacial score (nSPS) is 13.5. The molecule has 2 nitrogen and oxygen atoms in total. The minimum atomic E-state index is 0.744. The summed E-state index contributed by atoms with van der Waals surface area (Å²) in [5.41, 5.74) is 4.20. The number of para-hydroxylation sites is 1. The fourth-order valence-electron chi connectivity index (χ4n) is 2.11. The zero-order valence-corrected chi connectivity index (χ0v) is 11.1. The van der Waals surface area contributed by atoms with E-state index in [1.54, 1.807) is 0 Å². The second-order valence-corrected chi connectivity index (χ2v) is 4.90. The minimum absolute atomic E-state index is 0.744. The van der Waals surface area contributed by atoms with Gasteiger partial charge in [0.2, 0.25) is 0 Å². The first-order valence-electron chi connectivity index (χ1n) is 6.07. The lowest BCUT2D eigenvalue weighted by Gasteiger charge is -2.26. The Kier molecular flexibility index (Phi) is 3.10. The predicted octanol–water partition coefficient (Wildman–Crippen LogP) is 4.49. The smallest absolute Gasteiger partial charge is 0.0960 e. The van der Waals surface area contributed by atoms with Crippen LogP contribution in [0.3, 0.4) is 0 Å². The van der Waals surface area contributed by atoms with Gasteiger partial charge in [0.15, 0.2) is 0 Å². The van der Waals surface area contributed by atoms with Gasteiger partial charge >= 0.3 is 0 Å². The third-order valence-corrected chi connectivity index (χ3v) is 3.42. The van der Waals surface area contributed by atoms with Crippen molar-refractivity contribution < 1.29 is 0 Å². The Morgan fingerprint density at radius 3 is 2.58 bits per heavy atom. The Hall–Kier alpha value is -2.06. The number of fused-ring (bicyclic) bond motifs is 1. The quantitative estimate of drug-likeness (QED) is 0.784. The van der Waals surface area contributed by atoms with E-state index >= 15 is 0 Å². The topological polar surface area (TPSA) is 15.6 Å². The van der Waals surface area contributed by atoms with Gasteiger partial charge < -0.3 is 4.90 Å². The maximum Gasteiger partial charge on any atom is 0.0960 e. The molecule has 94 valence electrons. The predicted molar refractivity (Wildman–Crippen MR) is 80.6 cm³/mol. The molecular formula is C16H13ClN2. The fraction of sp³-hybridized carbons (Fsp3) is 0.0625. The van der Waals surface area contributed by atoms with Crippen molar-refractivity contribution in [2.75, 3.05) is 0 Å². The molecule has 0 radical (unpaired) electrons. The van der Waals surface area contributed by atoms with Crippen LogP contribution >= 0.6 is 11.6 Å². The highest BCUT2D eigenvalue weighted by atomic mass is 35.5. The van der Waals surface area contributed by atoms with Gasteiger partial charge in [-0.05, 0) is 23.8 Å². The van der Waals surface area contributed by atoms with E-state index in [4.69, 9.17) is 11.6 Å². The van der Waals surface area contributed by atoms with Gasteiger partial charge in [-0.1, -0.05) is 48.5 Å². The molecule has 2 aromatic carbocycles. The van der Waals surface area contributed by atoms with Crippen LogP contribution in [-0.4, -0.2) is 11.2 Å². The highest BCUT2D eigenvalue weighted by molar-refractivity contribution is 6.30. The van der Waals surface area contributed by atoms with Crippen LogP contribution in [0.15, 0.2) is 60.1 Å². The van der Waals surface area contributed by atoms with E-state index in [9.17, 15) is 0 Å². The molecule has 0 saturated carbocycles. The average molecular weight is 269 g/mol. The molecule has 0 unspecified atom stereocenters. The number of aliphatic imine (C=N–C) groups is 1. The molecule has 1 aliphatic rings. The summed E-state index contributed by atoms with van der Waals surface area (Å²) in [6.45, 7) is 4.90. The zero-order chi connectivity index (χ0) is 13.2. The molecule has 0 bridgehead atoms. The van der Waals surface area contributed by atoms with Gasteiger partial charge in [-0.3, -0.25) is 0 Å². The van der Waals surface area contributed by atoms with Gasteiger partial charge in [0.1, 0.15) is 0 Å². The molecule has 3 rings (SSSR count). The number of hydrogen-bond donors (Lipinski definition) is 0. The van der Waals surface area contributed by atoms with Crippen molar-refractivity contribution in [2.24, 2.45) is 4.99 Å². The maximum atomic E-state index is 5.89. The van der Waals surface area contributed by atoms with Gasteiger partial charge in [0.05, 0.1) is 12.0 Å². The van der Waals surface area contributed by atoms with Crippen LogP contribution in [-0.2, 0) is 6.54 Å². The van der Waals surface area contributed by atoms with Crippen LogP contribution in [0, 0.1) is 0 Å². The Bertz CT molecular complexity index is 644. The number of rotatable bonds is 2. The Labute approximate surface area is 117 Å². The molecule has 0 atom stereocenters. The van der Waals surface area contributed by atoms with Gasteiger partial charge in [-0.2, -0.15) is 0 Å². The van der Waals surface area contributed by atoms with E-state index in [0.29, 0.717) is 0 Å². The Morgan fingerprint density at radius 1 is 1.05 bits per heavy atom. The van der Waals surface area contributed by atoms with Gasteiger partial charge in [0.25, 0.3) is 0 Å². The van der Waals surface area contributed by atoms with Crippen molar-refractivity contribution >= 4 is 29.3 Å². The van der Waals surface area contributed by atoms with Crippen LogP contribution < -0.4 is 0 Å². The van der Waals surface area contributed by atoms with E-state index in [-0.39, 0.29) is 0 Å². The van der Waals surface area contributed by atoms with E-state index in [1.165, 1.54) is 5.56 Å². The van der Waals surface area contributed by atoms with E-state index in [2.05, 4.69) is 11.6 Å². The maximum absolute atomic E-state index is 5.89. The van der Waals surface area contributed by atoms with Gasteiger partial charge in [-0.25, -0.2) is 4.99 Å². The van der Waals surface area contributed by atoms with Crippen LogP contribution in [0.1, 0.15) is 11.1 Å². The molecule has 0 amide bonds. The summed E-state index contributed by atoms with van der Waals surface area (Å²) in [5, 5.41) is 0.750. The van der Waals surface area contributed by atoms with Crippen molar-refractivity contribution in [2.45, 2.75) is 6.54 Å². The second-order valence-electron chi connectivity index (χ2n) is 4.46. The second kappa shape index (κ2) is 4.90. The highest BCUT2D eigenvalue weighted by Gasteiger charge is 2.15. The molecule has 0 spiro atoms. The standard InChI is InChI=1S/C16H13ClN2/c1-12-15-4-2-3-5-16(15)18-11-19(12)10-13-6-8-14(17)9-7-13/h2-9,11H,1,10H2. The third kappa shape index (κ3) is 2.40. The lowest BCUT2D eigenvalue weighted by molar-refractivity contribution is 0.591. The SMILES string of the molecule is C=C1c2ccccc2N=CN1Cc1ccc(Cl)cc1. The summed E-state index contributed by atoms with van der Waals surface area (Å²) in [6, 6.07) is 15.9. The lowest BCUT2D eigenvalue weighted by Crippen LogP contribution is -2.21. The zero-order valence-electron chi connectivity index (χ0n) is 10.4. The molecule has 1 aliphatic heterocycles. The first kappa shape index (κ1) is 12.0. The van der Waals surface area contributed by atoms with Crippen molar-refractivity contribution in [3.05, 3.63) is 71.3 Å². The summed E-state index contributed by atoms with van der Waals surface area (Å²) in [4.78, 5) is 6.50. The minimum Gasteiger partial charge on any atom is -0.328 e. The van der Waals surface area contributed by atoms with Gasteiger partial charge in [0, 0.05) is 22.8 Å². The number of hydrogen-bond acceptors (Lipinski definition) is 2. The van der Waals surface area contributed by atoms with Crippen molar-refractivity contribution in [3.8, 4) is 0 Å². The number of benzene rings is 2. The first-order valence-corrected chi connectivity index (χ1v) is 6.45. The van der Waals surface area contributed by atoms with Gasteiger partial charge in [-0.15, -0.1) is 0 Å². The summed E-state index contributed by atoms with van der Waals surface area (Å²) < 4.78 is 0. The van der Waals surface area contributed by atoms with Crippen LogP contribution in [0.5, 0.6) is 0 Å². The van der Waals surface area contributed by atoms with E-state index in [0.717, 1.165) is 28.5 Å². The summed E-state index contributed by atoms with van der Waals surface area (Å²) in [7, 11) is 0. The molecule has 0 aliphatic carbocycles. The van der Waals surface area contributed by atoms with Crippen molar-refractivity contribution in [3.63, 3.8) is 0 Å². The van der Waals surface area contributed by atoms with E-state index < -0.39 is 0 Å². The highest BCUT2D eigenvalue weighted by Crippen LogP contribution is 2.31. The number of nitrogens with zero attached hydrogens (tertiary/aromatic N) is 2. The molecule has 0 fully saturated rings. The summed E-state index contributed by atoms with van der Waals surface area (Å²) in [6.07, 6.45) is 1.83. The summed E-state index contributed by atoms with van der Waals surface area (Å²) in [5.74, 6) is 0. The van der Waals surface area contributed by atoms with Crippen molar-refractivity contribution in [1.29, 1.82) is 0 Å². The molecule has 3 heteroatoms. The fourth-order valence-corrected chi connectivity index (χ4v) is 2.24. The largest absolute Gasteiger partial charge is 0.328 e. The molecule has 0 saturated heterocycles. The molecule has 0 N–H and O–H groups in total. The Morgan fingerprint density at radius 2 is 1.79 bits per heavy atom. The monoisotopic (exact) mass is 268 g/mol. The molecule has 1 heterocycles. The molecule has 2 aromatic rings. The van der Waals surface area contributed by atoms with Crippen LogP contribution in [0.25, 0.3) is 5.70 Å². The first-order chi connectivity index (χ1) is 9.24. The summed E-state index contributed by atoms with van der Waals surface area (Å²) >= 11 is 5.89. The van der Waals surface area contributed by atoms with Crippen LogP contribution in [0.2, 0.25) is 5.02 Å². The molecule has 19 heavy (non-hydrogen) atoms. The lowest BCUT2D eigenvalue weighted by atomic mass is 10.1. The molecule has 0 aromatic heterocycles.